The molecule has 0 amide bonds. The molecule has 0 heterocycles. The summed E-state index contributed by atoms with van der Waals surface area (Å²) in [5, 5.41) is 3.13. The maximum absolute atomic E-state index is 11.7. The fraction of sp³-hybridized carbons (Fsp3) is 1.00. The van der Waals surface area contributed by atoms with Gasteiger partial charge in [-0.3, -0.25) is 0 Å². The molecule has 0 aliphatic heterocycles. The summed E-state index contributed by atoms with van der Waals surface area (Å²) < 4.78 is 11.7. The van der Waals surface area contributed by atoms with Crippen LogP contribution >= 0.6 is 0 Å². The average Bonchev–Trinajstić information content (AvgIpc) is 2.07. The third-order valence-corrected chi connectivity index (χ3v) is 2.43. The number of nitrogens with one attached hydrogen (secondary N) is 1. The molecular formula is C9H18FN. The quantitative estimate of drug-likeness (QED) is 0.620. The van der Waals surface area contributed by atoms with Crippen molar-refractivity contribution in [3.63, 3.8) is 0 Å². The molecule has 2 heteroatoms. The highest BCUT2D eigenvalue weighted by Crippen LogP contribution is 2.22. The standard InChI is InChI=1S/C9H18FN/c10-6-7-11-8-9-4-2-1-3-5-9/h9,11H,1-8H2. The molecule has 66 valence electrons. The van der Waals surface area contributed by atoms with Crippen molar-refractivity contribution in [3.05, 3.63) is 0 Å². The molecule has 1 aliphatic carbocycles. The van der Waals surface area contributed by atoms with Crippen LogP contribution in [0.3, 0.4) is 0 Å². The number of alkyl halides is 1. The molecule has 1 nitrogen and oxygen atoms in total. The van der Waals surface area contributed by atoms with E-state index in [1.165, 1.54) is 32.1 Å². The zero-order valence-corrected chi connectivity index (χ0v) is 7.11. The molecule has 0 unspecified atom stereocenters. The lowest BCUT2D eigenvalue weighted by molar-refractivity contribution is 0.335. The van der Waals surface area contributed by atoms with Crippen molar-refractivity contribution in [2.45, 2.75) is 32.1 Å². The molecule has 0 saturated heterocycles. The van der Waals surface area contributed by atoms with Crippen molar-refractivity contribution >= 4 is 0 Å². The van der Waals surface area contributed by atoms with E-state index in [2.05, 4.69) is 5.32 Å². The average molecular weight is 159 g/mol. The summed E-state index contributed by atoms with van der Waals surface area (Å²) in [7, 11) is 0. The number of hydrogen-bond donors (Lipinski definition) is 1. The molecular weight excluding hydrogens is 141 g/mol. The van der Waals surface area contributed by atoms with Crippen LogP contribution in [-0.4, -0.2) is 19.8 Å². The van der Waals surface area contributed by atoms with Gasteiger partial charge < -0.3 is 5.32 Å². The van der Waals surface area contributed by atoms with Crippen molar-refractivity contribution in [2.24, 2.45) is 5.92 Å². The van der Waals surface area contributed by atoms with E-state index in [1.54, 1.807) is 0 Å². The first-order valence-corrected chi connectivity index (χ1v) is 4.70. The summed E-state index contributed by atoms with van der Waals surface area (Å²) in [6.45, 7) is 1.34. The maximum Gasteiger partial charge on any atom is 0.102 e. The van der Waals surface area contributed by atoms with Crippen LogP contribution in [0.1, 0.15) is 32.1 Å². The van der Waals surface area contributed by atoms with Crippen LogP contribution in [0.5, 0.6) is 0 Å². The van der Waals surface area contributed by atoms with Crippen LogP contribution in [0.15, 0.2) is 0 Å². The molecule has 0 aromatic carbocycles. The summed E-state index contributed by atoms with van der Waals surface area (Å²) in [5.74, 6) is 0.829. The lowest BCUT2D eigenvalue weighted by Crippen LogP contribution is -2.26. The van der Waals surface area contributed by atoms with Crippen LogP contribution in [0.4, 0.5) is 4.39 Å². The molecule has 0 radical (unpaired) electrons. The predicted octanol–water partition coefficient (Wildman–Crippen LogP) is 2.13. The monoisotopic (exact) mass is 159 g/mol. The van der Waals surface area contributed by atoms with Gasteiger partial charge in [0.1, 0.15) is 6.67 Å². The summed E-state index contributed by atoms with van der Waals surface area (Å²) >= 11 is 0. The smallest absolute Gasteiger partial charge is 0.102 e. The van der Waals surface area contributed by atoms with E-state index in [0.717, 1.165) is 12.5 Å². The van der Waals surface area contributed by atoms with E-state index in [0.29, 0.717) is 6.54 Å². The van der Waals surface area contributed by atoms with Crippen molar-refractivity contribution in [3.8, 4) is 0 Å². The molecule has 0 spiro atoms. The second-order valence-electron chi connectivity index (χ2n) is 3.40. The van der Waals surface area contributed by atoms with Gasteiger partial charge in [-0.15, -0.1) is 0 Å². The van der Waals surface area contributed by atoms with E-state index in [-0.39, 0.29) is 6.67 Å². The first-order chi connectivity index (χ1) is 5.43. The van der Waals surface area contributed by atoms with Crippen molar-refractivity contribution in [2.75, 3.05) is 19.8 Å². The molecule has 0 bridgehead atoms. The van der Waals surface area contributed by atoms with E-state index < -0.39 is 0 Å². The van der Waals surface area contributed by atoms with E-state index in [1.807, 2.05) is 0 Å². The summed E-state index contributed by atoms with van der Waals surface area (Å²) in [6.07, 6.45) is 6.85. The largest absolute Gasteiger partial charge is 0.314 e. The highest BCUT2D eigenvalue weighted by molar-refractivity contribution is 4.67. The van der Waals surface area contributed by atoms with Gasteiger partial charge in [-0.1, -0.05) is 19.3 Å². The Morgan fingerprint density at radius 3 is 2.55 bits per heavy atom. The molecule has 11 heavy (non-hydrogen) atoms. The summed E-state index contributed by atoms with van der Waals surface area (Å²) in [4.78, 5) is 0. The van der Waals surface area contributed by atoms with Gasteiger partial charge in [0.2, 0.25) is 0 Å². The van der Waals surface area contributed by atoms with E-state index in [4.69, 9.17) is 0 Å². The van der Waals surface area contributed by atoms with Crippen molar-refractivity contribution in [1.82, 2.24) is 5.32 Å². The Morgan fingerprint density at radius 1 is 1.18 bits per heavy atom. The van der Waals surface area contributed by atoms with Crippen LogP contribution in [0.25, 0.3) is 0 Å². The lowest BCUT2D eigenvalue weighted by atomic mass is 9.89. The zero-order chi connectivity index (χ0) is 7.94. The van der Waals surface area contributed by atoms with Gasteiger partial charge in [0.25, 0.3) is 0 Å². The third-order valence-electron chi connectivity index (χ3n) is 2.43. The summed E-state index contributed by atoms with van der Waals surface area (Å²) in [5.41, 5.74) is 0. The predicted molar refractivity (Wildman–Crippen MR) is 45.4 cm³/mol. The van der Waals surface area contributed by atoms with Gasteiger partial charge in [0.05, 0.1) is 0 Å². The lowest BCUT2D eigenvalue weighted by Gasteiger charge is -2.21. The topological polar surface area (TPSA) is 12.0 Å². The second-order valence-corrected chi connectivity index (χ2v) is 3.40. The van der Waals surface area contributed by atoms with Crippen molar-refractivity contribution in [1.29, 1.82) is 0 Å². The Morgan fingerprint density at radius 2 is 1.91 bits per heavy atom. The van der Waals surface area contributed by atoms with E-state index >= 15 is 0 Å². The van der Waals surface area contributed by atoms with Crippen LogP contribution in [-0.2, 0) is 0 Å². The number of rotatable bonds is 4. The maximum atomic E-state index is 11.7. The Hall–Kier alpha value is -0.110. The highest BCUT2D eigenvalue weighted by atomic mass is 19.1. The molecule has 1 fully saturated rings. The number of halogens is 1. The minimum Gasteiger partial charge on any atom is -0.314 e. The zero-order valence-electron chi connectivity index (χ0n) is 7.11. The Balaban J connectivity index is 1.96. The molecule has 1 aliphatic rings. The minimum atomic E-state index is -0.229. The second kappa shape index (κ2) is 5.53. The van der Waals surface area contributed by atoms with E-state index in [9.17, 15) is 4.39 Å². The van der Waals surface area contributed by atoms with Gasteiger partial charge >= 0.3 is 0 Å². The molecule has 0 aromatic heterocycles. The highest BCUT2D eigenvalue weighted by Gasteiger charge is 2.11. The van der Waals surface area contributed by atoms with Gasteiger partial charge in [-0.25, -0.2) is 4.39 Å². The fourth-order valence-electron chi connectivity index (χ4n) is 1.76. The fourth-order valence-corrected chi connectivity index (χ4v) is 1.76. The van der Waals surface area contributed by atoms with Crippen LogP contribution in [0.2, 0.25) is 0 Å². The Labute approximate surface area is 68.4 Å². The Kier molecular flexibility index (Phi) is 4.51. The number of hydrogen-bond acceptors (Lipinski definition) is 1. The van der Waals surface area contributed by atoms with Gasteiger partial charge in [0, 0.05) is 6.54 Å². The van der Waals surface area contributed by atoms with Gasteiger partial charge in [-0.2, -0.15) is 0 Å². The third kappa shape index (κ3) is 3.71. The van der Waals surface area contributed by atoms with Crippen LogP contribution < -0.4 is 5.32 Å². The van der Waals surface area contributed by atoms with Gasteiger partial charge in [0.15, 0.2) is 0 Å². The van der Waals surface area contributed by atoms with Gasteiger partial charge in [-0.05, 0) is 25.3 Å². The SMILES string of the molecule is FCCNCC1CCCCC1. The summed E-state index contributed by atoms with van der Waals surface area (Å²) in [6, 6.07) is 0. The first-order valence-electron chi connectivity index (χ1n) is 4.70. The molecule has 1 N–H and O–H groups in total. The first kappa shape index (κ1) is 8.98. The molecule has 0 aromatic rings. The Bertz CT molecular complexity index is 89.6. The normalized spacial score (nSPS) is 20.5. The minimum absolute atomic E-state index is 0.229. The van der Waals surface area contributed by atoms with Crippen LogP contribution in [0, 0.1) is 5.92 Å². The molecule has 0 atom stereocenters. The van der Waals surface area contributed by atoms with Crippen molar-refractivity contribution < 1.29 is 4.39 Å². The molecule has 1 saturated carbocycles. The molecule has 1 rings (SSSR count).